The molecule has 0 bridgehead atoms. The molecular formula is C20H18F3N3OS. The Morgan fingerprint density at radius 3 is 2.46 bits per heavy atom. The zero-order chi connectivity index (χ0) is 20.3. The Morgan fingerprint density at radius 1 is 1.11 bits per heavy atom. The van der Waals surface area contributed by atoms with Crippen molar-refractivity contribution in [2.75, 3.05) is 16.8 Å². The standard InChI is InChI=1S/C20H18F3N3OS/c1-2-28-18-9-14(7-8-15(18)12-3-5-13(24)6-4-12)26-16-10-19(20(21,22)23)25-11-17(16)27/h3-11,27H,2,24H2,1H3,(H,25,26). The second-order valence-electron chi connectivity index (χ2n) is 5.98. The molecule has 0 radical (unpaired) electrons. The molecule has 0 amide bonds. The van der Waals surface area contributed by atoms with Gasteiger partial charge in [-0.25, -0.2) is 4.98 Å². The van der Waals surface area contributed by atoms with E-state index < -0.39 is 11.9 Å². The van der Waals surface area contributed by atoms with Gasteiger partial charge in [0, 0.05) is 16.3 Å². The van der Waals surface area contributed by atoms with Gasteiger partial charge in [-0.2, -0.15) is 13.2 Å². The minimum Gasteiger partial charge on any atom is -0.504 e. The number of aromatic nitrogens is 1. The number of nitrogens with zero attached hydrogens (tertiary/aromatic N) is 1. The Bertz CT molecular complexity index is 975. The monoisotopic (exact) mass is 405 g/mol. The lowest BCUT2D eigenvalue weighted by Crippen LogP contribution is -2.08. The van der Waals surface area contributed by atoms with Crippen molar-refractivity contribution in [1.29, 1.82) is 0 Å². The summed E-state index contributed by atoms with van der Waals surface area (Å²) in [5, 5.41) is 12.7. The number of nitrogens with two attached hydrogens (primary N) is 1. The predicted octanol–water partition coefficient (Wildman–Crippen LogP) is 5.91. The molecule has 0 aliphatic carbocycles. The third-order valence-corrected chi connectivity index (χ3v) is 4.89. The Morgan fingerprint density at radius 2 is 1.82 bits per heavy atom. The van der Waals surface area contributed by atoms with Crippen LogP contribution in [-0.2, 0) is 6.18 Å². The van der Waals surface area contributed by atoms with Crippen LogP contribution in [0.15, 0.2) is 59.6 Å². The zero-order valence-electron chi connectivity index (χ0n) is 14.9. The van der Waals surface area contributed by atoms with Gasteiger partial charge in [-0.3, -0.25) is 0 Å². The Labute approximate surface area is 164 Å². The third kappa shape index (κ3) is 4.51. The van der Waals surface area contributed by atoms with Crippen LogP contribution in [0.25, 0.3) is 11.1 Å². The second kappa shape index (κ2) is 8.02. The largest absolute Gasteiger partial charge is 0.504 e. The first kappa shape index (κ1) is 19.9. The molecule has 0 aliphatic heterocycles. The molecule has 4 N–H and O–H groups in total. The maximum absolute atomic E-state index is 12.9. The Hall–Kier alpha value is -2.87. The number of hydrogen-bond donors (Lipinski definition) is 3. The molecule has 3 rings (SSSR count). The summed E-state index contributed by atoms with van der Waals surface area (Å²) in [6.45, 7) is 2.02. The van der Waals surface area contributed by atoms with Gasteiger partial charge in [0.05, 0.1) is 11.9 Å². The summed E-state index contributed by atoms with van der Waals surface area (Å²) in [6.07, 6.45) is -3.80. The molecule has 0 saturated heterocycles. The highest BCUT2D eigenvalue weighted by molar-refractivity contribution is 7.99. The van der Waals surface area contributed by atoms with E-state index in [1.165, 1.54) is 0 Å². The van der Waals surface area contributed by atoms with Crippen LogP contribution in [0.4, 0.5) is 30.2 Å². The van der Waals surface area contributed by atoms with Crippen LogP contribution in [0.5, 0.6) is 5.75 Å². The summed E-state index contributed by atoms with van der Waals surface area (Å²) in [6, 6.07) is 13.7. The fourth-order valence-corrected chi connectivity index (χ4v) is 3.50. The molecule has 0 spiro atoms. The molecule has 0 aliphatic rings. The summed E-state index contributed by atoms with van der Waals surface area (Å²) in [4.78, 5) is 4.19. The highest BCUT2D eigenvalue weighted by atomic mass is 32.2. The van der Waals surface area contributed by atoms with Crippen LogP contribution in [0.1, 0.15) is 12.6 Å². The molecule has 1 heterocycles. The van der Waals surface area contributed by atoms with E-state index in [-0.39, 0.29) is 11.4 Å². The number of anilines is 3. The number of pyridine rings is 1. The molecular weight excluding hydrogens is 387 g/mol. The molecule has 3 aromatic rings. The minimum atomic E-state index is -4.59. The van der Waals surface area contributed by atoms with Crippen molar-refractivity contribution in [3.05, 3.63) is 60.4 Å². The smallest absolute Gasteiger partial charge is 0.433 e. The number of alkyl halides is 3. The number of halogens is 3. The van der Waals surface area contributed by atoms with Crippen LogP contribution in [0.3, 0.4) is 0 Å². The highest BCUT2D eigenvalue weighted by Gasteiger charge is 2.33. The zero-order valence-corrected chi connectivity index (χ0v) is 15.7. The SMILES string of the molecule is CCSc1cc(Nc2cc(C(F)(F)F)ncc2O)ccc1-c1ccc(N)cc1. The average Bonchev–Trinajstić information content (AvgIpc) is 2.64. The van der Waals surface area contributed by atoms with Crippen molar-refractivity contribution in [2.24, 2.45) is 0 Å². The maximum atomic E-state index is 12.9. The lowest BCUT2D eigenvalue weighted by atomic mass is 10.0. The van der Waals surface area contributed by atoms with E-state index in [0.717, 1.165) is 34.0 Å². The molecule has 8 heteroatoms. The summed E-state index contributed by atoms with van der Waals surface area (Å²) in [5.74, 6) is 0.463. The average molecular weight is 405 g/mol. The van der Waals surface area contributed by atoms with Gasteiger partial charge in [-0.1, -0.05) is 25.1 Å². The van der Waals surface area contributed by atoms with Crippen LogP contribution < -0.4 is 11.1 Å². The van der Waals surface area contributed by atoms with E-state index in [4.69, 9.17) is 5.73 Å². The summed E-state index contributed by atoms with van der Waals surface area (Å²) in [7, 11) is 0. The first-order valence-corrected chi connectivity index (χ1v) is 9.42. The van der Waals surface area contributed by atoms with Crippen molar-refractivity contribution in [3.63, 3.8) is 0 Å². The second-order valence-corrected chi connectivity index (χ2v) is 7.28. The summed E-state index contributed by atoms with van der Waals surface area (Å²) < 4.78 is 38.7. The predicted molar refractivity (Wildman–Crippen MR) is 107 cm³/mol. The number of benzene rings is 2. The van der Waals surface area contributed by atoms with E-state index in [1.807, 2.05) is 43.3 Å². The molecule has 0 fully saturated rings. The van der Waals surface area contributed by atoms with Gasteiger partial charge < -0.3 is 16.2 Å². The number of aromatic hydroxyl groups is 1. The molecule has 4 nitrogen and oxygen atoms in total. The first-order valence-electron chi connectivity index (χ1n) is 8.44. The lowest BCUT2D eigenvalue weighted by molar-refractivity contribution is -0.141. The molecule has 0 atom stereocenters. The van der Waals surface area contributed by atoms with E-state index >= 15 is 0 Å². The van der Waals surface area contributed by atoms with Gasteiger partial charge in [0.2, 0.25) is 0 Å². The fraction of sp³-hybridized carbons (Fsp3) is 0.150. The third-order valence-electron chi connectivity index (χ3n) is 3.96. The van der Waals surface area contributed by atoms with Gasteiger partial charge in [0.25, 0.3) is 0 Å². The van der Waals surface area contributed by atoms with Crippen molar-refractivity contribution in [1.82, 2.24) is 4.98 Å². The van der Waals surface area contributed by atoms with E-state index in [2.05, 4.69) is 10.3 Å². The molecule has 0 saturated carbocycles. The van der Waals surface area contributed by atoms with Crippen molar-refractivity contribution >= 4 is 28.8 Å². The molecule has 146 valence electrons. The van der Waals surface area contributed by atoms with Gasteiger partial charge >= 0.3 is 6.18 Å². The highest BCUT2D eigenvalue weighted by Crippen LogP contribution is 2.37. The summed E-state index contributed by atoms with van der Waals surface area (Å²) >= 11 is 1.61. The van der Waals surface area contributed by atoms with Crippen molar-refractivity contribution in [3.8, 4) is 16.9 Å². The van der Waals surface area contributed by atoms with E-state index in [1.54, 1.807) is 17.8 Å². The van der Waals surface area contributed by atoms with Crippen molar-refractivity contribution in [2.45, 2.75) is 18.0 Å². The maximum Gasteiger partial charge on any atom is 0.433 e. The van der Waals surface area contributed by atoms with Crippen LogP contribution in [0, 0.1) is 0 Å². The molecule has 0 unspecified atom stereocenters. The number of hydrogen-bond acceptors (Lipinski definition) is 5. The van der Waals surface area contributed by atoms with Crippen molar-refractivity contribution < 1.29 is 18.3 Å². The molecule has 2 aromatic carbocycles. The number of rotatable bonds is 5. The lowest BCUT2D eigenvalue weighted by Gasteiger charge is -2.15. The van der Waals surface area contributed by atoms with Gasteiger partial charge in [-0.15, -0.1) is 11.8 Å². The van der Waals surface area contributed by atoms with Gasteiger partial charge in [0.1, 0.15) is 5.69 Å². The van der Waals surface area contributed by atoms with Gasteiger partial charge in [-0.05, 0) is 47.2 Å². The number of nitrogen functional groups attached to an aromatic ring is 1. The topological polar surface area (TPSA) is 71.2 Å². The molecule has 28 heavy (non-hydrogen) atoms. The normalized spacial score (nSPS) is 11.4. The quantitative estimate of drug-likeness (QED) is 0.364. The van der Waals surface area contributed by atoms with Crippen LogP contribution in [0.2, 0.25) is 0 Å². The number of thioether (sulfide) groups is 1. The number of nitrogens with one attached hydrogen (secondary N) is 1. The van der Waals surface area contributed by atoms with Crippen LogP contribution in [-0.4, -0.2) is 15.8 Å². The van der Waals surface area contributed by atoms with Gasteiger partial charge in [0.15, 0.2) is 5.75 Å². The van der Waals surface area contributed by atoms with Crippen LogP contribution >= 0.6 is 11.8 Å². The van der Waals surface area contributed by atoms with E-state index in [9.17, 15) is 18.3 Å². The van der Waals surface area contributed by atoms with E-state index in [0.29, 0.717) is 11.4 Å². The Kier molecular flexibility index (Phi) is 5.69. The fourth-order valence-electron chi connectivity index (χ4n) is 2.63. The summed E-state index contributed by atoms with van der Waals surface area (Å²) in [5.41, 5.74) is 7.82. The minimum absolute atomic E-state index is 0.0602. The Balaban J connectivity index is 1.96. The first-order chi connectivity index (χ1) is 13.3. The molecule has 1 aromatic heterocycles.